The van der Waals surface area contributed by atoms with Crippen LogP contribution >= 0.6 is 10.0 Å². The van der Waals surface area contributed by atoms with Gasteiger partial charge in [-0.3, -0.25) is 4.57 Å². The topological polar surface area (TPSA) is 22.8 Å². The molecule has 9 aromatic carbocycles. The minimum absolute atomic E-state index is 0.941. The Morgan fingerprint density at radius 1 is 0.339 bits per heavy atom. The molecule has 11 aromatic rings. The van der Waals surface area contributed by atoms with E-state index in [0.29, 0.717) is 0 Å². The molecule has 4 heteroatoms. The first kappa shape index (κ1) is 33.7. The number of aromatic nitrogens is 3. The molecule has 0 radical (unpaired) electrons. The van der Waals surface area contributed by atoms with Crippen molar-refractivity contribution >= 4 is 42.9 Å². The summed E-state index contributed by atoms with van der Waals surface area (Å²) in [5.41, 5.74) is 12.5. The van der Waals surface area contributed by atoms with Crippen molar-refractivity contribution in [1.82, 2.24) is 14.1 Å². The van der Waals surface area contributed by atoms with Gasteiger partial charge in [-0.25, -0.2) is 4.98 Å². The van der Waals surface area contributed by atoms with Crippen molar-refractivity contribution < 1.29 is 0 Å². The second kappa shape index (κ2) is 13.3. The number of benzene rings is 9. The summed E-state index contributed by atoms with van der Waals surface area (Å²) in [5, 5.41) is 2.39. The van der Waals surface area contributed by atoms with Crippen molar-refractivity contribution in [3.05, 3.63) is 224 Å². The molecule has 12 rings (SSSR count). The molecule has 0 aliphatic carbocycles. The minimum Gasteiger partial charge on any atom is -0.307 e. The number of nitrogens with zero attached hydrogens (tertiary/aromatic N) is 3. The SMILES string of the molecule is c1ccc(S(c2ccccc2)(c2ccccc2)c2cccc(-n3c4ccccc4c4ccc5c(nc6n5-c5ccccc5-c5ccccc5-c5ccccc5-6)c43)c2)cc1. The Morgan fingerprint density at radius 2 is 0.847 bits per heavy atom. The Morgan fingerprint density at radius 3 is 1.51 bits per heavy atom. The van der Waals surface area contributed by atoms with Gasteiger partial charge in [0, 0.05) is 47.2 Å². The maximum Gasteiger partial charge on any atom is 0.146 e. The van der Waals surface area contributed by atoms with Gasteiger partial charge in [0.25, 0.3) is 0 Å². The standard InChI is InChI=1S/C55H37N3S/c1-4-20-39(21-5-1)59(40-22-6-2-7-23-40,41-24-8-3-9-25-41)42-26-18-19-38(37-42)57-50-33-16-15-31-47(50)48-35-36-52-53(54(48)57)56-55-49-32-13-12-29-45(49)43-27-10-11-28-44(43)46-30-14-17-34-51(46)58(52)55/h1-37H. The van der Waals surface area contributed by atoms with Crippen LogP contribution in [0.4, 0.5) is 0 Å². The highest BCUT2D eigenvalue weighted by Gasteiger charge is 2.34. The number of rotatable bonds is 5. The van der Waals surface area contributed by atoms with E-state index in [1.165, 1.54) is 52.6 Å². The molecule has 2 aromatic heterocycles. The van der Waals surface area contributed by atoms with Crippen LogP contribution in [0.3, 0.4) is 0 Å². The molecule has 0 N–H and O–H groups in total. The van der Waals surface area contributed by atoms with Crippen LogP contribution in [0.2, 0.25) is 0 Å². The molecule has 0 unspecified atom stereocenters. The van der Waals surface area contributed by atoms with E-state index in [-0.39, 0.29) is 0 Å². The highest BCUT2D eigenvalue weighted by atomic mass is 32.3. The lowest BCUT2D eigenvalue weighted by atomic mass is 9.89. The maximum atomic E-state index is 5.74. The number of imidazole rings is 1. The van der Waals surface area contributed by atoms with Gasteiger partial charge in [0.2, 0.25) is 0 Å². The van der Waals surface area contributed by atoms with E-state index < -0.39 is 10.0 Å². The molecule has 0 bridgehead atoms. The van der Waals surface area contributed by atoms with Gasteiger partial charge in [0.05, 0.1) is 22.2 Å². The molecule has 3 heterocycles. The third-order valence-corrected chi connectivity index (χ3v) is 15.9. The lowest BCUT2D eigenvalue weighted by Gasteiger charge is -2.42. The summed E-state index contributed by atoms with van der Waals surface area (Å²) in [5.74, 6) is 0.941. The number of fused-ring (bicyclic) bond motifs is 14. The molecule has 0 spiro atoms. The van der Waals surface area contributed by atoms with Crippen LogP contribution in [0, 0.1) is 0 Å². The van der Waals surface area contributed by atoms with Crippen molar-refractivity contribution in [3.8, 4) is 45.0 Å². The zero-order chi connectivity index (χ0) is 38.9. The van der Waals surface area contributed by atoms with E-state index in [0.717, 1.165) is 44.8 Å². The lowest BCUT2D eigenvalue weighted by molar-refractivity contribution is 1.10. The fourth-order valence-electron chi connectivity index (χ4n) is 9.55. The average molecular weight is 772 g/mol. The summed E-state index contributed by atoms with van der Waals surface area (Å²) < 4.78 is 4.86. The molecular formula is C55H37N3S. The van der Waals surface area contributed by atoms with E-state index in [4.69, 9.17) is 4.98 Å². The predicted molar refractivity (Wildman–Crippen MR) is 245 cm³/mol. The van der Waals surface area contributed by atoms with Gasteiger partial charge in [-0.05, 0) is 95.6 Å². The molecule has 1 aliphatic rings. The van der Waals surface area contributed by atoms with Crippen molar-refractivity contribution in [3.63, 3.8) is 0 Å². The number of hydrogen-bond acceptors (Lipinski definition) is 1. The molecule has 59 heavy (non-hydrogen) atoms. The van der Waals surface area contributed by atoms with Gasteiger partial charge >= 0.3 is 0 Å². The van der Waals surface area contributed by atoms with Gasteiger partial charge in [-0.15, -0.1) is 10.0 Å². The maximum absolute atomic E-state index is 5.74. The lowest BCUT2D eigenvalue weighted by Crippen LogP contribution is -2.06. The van der Waals surface area contributed by atoms with E-state index in [9.17, 15) is 0 Å². The van der Waals surface area contributed by atoms with Gasteiger partial charge < -0.3 is 4.57 Å². The van der Waals surface area contributed by atoms with Crippen molar-refractivity contribution in [2.24, 2.45) is 0 Å². The monoisotopic (exact) mass is 771 g/mol. The fourth-order valence-corrected chi connectivity index (χ4v) is 13.5. The molecule has 0 fully saturated rings. The summed E-state index contributed by atoms with van der Waals surface area (Å²) in [6.45, 7) is 0. The molecule has 3 nitrogen and oxygen atoms in total. The van der Waals surface area contributed by atoms with Crippen LogP contribution in [0.15, 0.2) is 244 Å². The highest BCUT2D eigenvalue weighted by Crippen LogP contribution is 2.73. The summed E-state index contributed by atoms with van der Waals surface area (Å²) >= 11 is 0. The second-order valence-electron chi connectivity index (χ2n) is 15.1. The minimum atomic E-state index is -1.91. The molecular weight excluding hydrogens is 735 g/mol. The predicted octanol–water partition coefficient (Wildman–Crippen LogP) is 14.8. The summed E-state index contributed by atoms with van der Waals surface area (Å²) in [6.07, 6.45) is 0. The van der Waals surface area contributed by atoms with E-state index in [1.54, 1.807) is 0 Å². The zero-order valence-corrected chi connectivity index (χ0v) is 32.9. The molecule has 0 amide bonds. The molecule has 0 saturated carbocycles. The summed E-state index contributed by atoms with van der Waals surface area (Å²) in [4.78, 5) is 10.9. The Balaban J connectivity index is 1.19. The van der Waals surface area contributed by atoms with Crippen molar-refractivity contribution in [2.75, 3.05) is 0 Å². The van der Waals surface area contributed by atoms with Gasteiger partial charge in [0.15, 0.2) is 0 Å². The zero-order valence-electron chi connectivity index (χ0n) is 32.1. The number of para-hydroxylation sites is 2. The normalized spacial score (nSPS) is 12.3. The van der Waals surface area contributed by atoms with Crippen LogP contribution in [0.25, 0.3) is 77.9 Å². The average Bonchev–Trinajstić information content (AvgIpc) is 3.86. The van der Waals surface area contributed by atoms with Crippen LogP contribution in [-0.2, 0) is 0 Å². The van der Waals surface area contributed by atoms with Gasteiger partial charge in [-0.1, -0.05) is 146 Å². The largest absolute Gasteiger partial charge is 0.307 e. The van der Waals surface area contributed by atoms with Crippen LogP contribution in [0.1, 0.15) is 0 Å². The highest BCUT2D eigenvalue weighted by molar-refractivity contribution is 8.34. The third kappa shape index (κ3) is 4.94. The van der Waals surface area contributed by atoms with Crippen LogP contribution < -0.4 is 0 Å². The van der Waals surface area contributed by atoms with E-state index in [1.807, 2.05) is 0 Å². The molecule has 0 saturated heterocycles. The molecule has 1 aliphatic heterocycles. The first-order chi connectivity index (χ1) is 29.3. The van der Waals surface area contributed by atoms with Crippen molar-refractivity contribution in [1.29, 1.82) is 0 Å². The number of hydrogen-bond donors (Lipinski definition) is 0. The second-order valence-corrected chi connectivity index (χ2v) is 18.2. The Bertz CT molecular complexity index is 3290. The van der Waals surface area contributed by atoms with Gasteiger partial charge in [0.1, 0.15) is 11.3 Å². The summed E-state index contributed by atoms with van der Waals surface area (Å²) in [6, 6.07) is 82.3. The Labute approximate surface area is 344 Å². The Hall–Kier alpha value is -7.40. The van der Waals surface area contributed by atoms with Crippen LogP contribution in [0.5, 0.6) is 0 Å². The summed E-state index contributed by atoms with van der Waals surface area (Å²) in [7, 11) is -1.91. The first-order valence-electron chi connectivity index (χ1n) is 20.1. The smallest absolute Gasteiger partial charge is 0.146 e. The van der Waals surface area contributed by atoms with Crippen molar-refractivity contribution in [2.45, 2.75) is 19.6 Å². The van der Waals surface area contributed by atoms with Crippen LogP contribution in [-0.4, -0.2) is 14.1 Å². The Kier molecular flexibility index (Phi) is 7.62. The quantitative estimate of drug-likeness (QED) is 0.171. The third-order valence-electron chi connectivity index (χ3n) is 12.0. The van der Waals surface area contributed by atoms with Gasteiger partial charge in [-0.2, -0.15) is 0 Å². The first-order valence-corrected chi connectivity index (χ1v) is 21.8. The molecule has 0 atom stereocenters. The van der Waals surface area contributed by atoms with E-state index >= 15 is 0 Å². The fraction of sp³-hybridized carbons (Fsp3) is 0. The van der Waals surface area contributed by atoms with E-state index in [2.05, 4.69) is 234 Å². The molecule has 278 valence electrons.